The van der Waals surface area contributed by atoms with Crippen molar-refractivity contribution in [2.24, 2.45) is 7.05 Å². The van der Waals surface area contributed by atoms with Gasteiger partial charge in [0.1, 0.15) is 11.6 Å². The van der Waals surface area contributed by atoms with Gasteiger partial charge in [0.25, 0.3) is 0 Å². The Morgan fingerprint density at radius 2 is 1.93 bits per heavy atom. The van der Waals surface area contributed by atoms with Crippen molar-refractivity contribution >= 4 is 11.7 Å². The van der Waals surface area contributed by atoms with Crippen molar-refractivity contribution < 1.29 is 18.3 Å². The van der Waals surface area contributed by atoms with Gasteiger partial charge in [0, 0.05) is 37.0 Å². The molecule has 3 aromatic rings. The van der Waals surface area contributed by atoms with Crippen LogP contribution in [0, 0.1) is 11.6 Å². The van der Waals surface area contributed by atoms with Crippen molar-refractivity contribution in [2.45, 2.75) is 26.2 Å². The fourth-order valence-corrected chi connectivity index (χ4v) is 3.59. The molecule has 8 heteroatoms. The van der Waals surface area contributed by atoms with Crippen LogP contribution < -0.4 is 5.32 Å². The molecular weight excluding hydrogens is 390 g/mol. The molecule has 0 atom stereocenters. The number of hydrogen-bond donors (Lipinski definition) is 1. The van der Waals surface area contributed by atoms with E-state index in [2.05, 4.69) is 10.4 Å². The van der Waals surface area contributed by atoms with Crippen LogP contribution in [0.1, 0.15) is 22.5 Å². The summed E-state index contributed by atoms with van der Waals surface area (Å²) in [6.45, 7) is 1.52. The monoisotopic (exact) mass is 412 g/mol. The van der Waals surface area contributed by atoms with Crippen molar-refractivity contribution in [1.82, 2.24) is 14.7 Å². The number of fused-ring (bicyclic) bond motifs is 1. The number of carbonyl (C=O) groups excluding carboxylic acids is 1. The van der Waals surface area contributed by atoms with E-state index >= 15 is 0 Å². The summed E-state index contributed by atoms with van der Waals surface area (Å²) in [6.07, 6.45) is 0.680. The highest BCUT2D eigenvalue weighted by atomic mass is 19.1. The van der Waals surface area contributed by atoms with Gasteiger partial charge in [-0.3, -0.25) is 4.68 Å². The van der Waals surface area contributed by atoms with Crippen LogP contribution >= 0.6 is 0 Å². The molecule has 1 aliphatic heterocycles. The van der Waals surface area contributed by atoms with Gasteiger partial charge in [-0.05, 0) is 42.0 Å². The molecule has 1 N–H and O–H groups in total. The number of amides is 2. The van der Waals surface area contributed by atoms with Crippen molar-refractivity contribution in [3.8, 4) is 0 Å². The van der Waals surface area contributed by atoms with E-state index in [1.54, 1.807) is 17.0 Å². The second kappa shape index (κ2) is 8.62. The molecule has 0 bridgehead atoms. The molecule has 2 aromatic carbocycles. The van der Waals surface area contributed by atoms with Gasteiger partial charge in [-0.15, -0.1) is 0 Å². The SMILES string of the molecule is Cn1nc(COCc2cccc(F)c2)c2c1CCN(C(=O)Nc1ccc(F)cc1)C2. The largest absolute Gasteiger partial charge is 0.370 e. The number of rotatable bonds is 5. The van der Waals surface area contributed by atoms with E-state index in [9.17, 15) is 13.6 Å². The van der Waals surface area contributed by atoms with Crippen LogP contribution in [-0.2, 0) is 38.0 Å². The predicted octanol–water partition coefficient (Wildman–Crippen LogP) is 4.01. The number of nitrogens with zero attached hydrogens (tertiary/aromatic N) is 3. The number of benzene rings is 2. The quantitative estimate of drug-likeness (QED) is 0.689. The van der Waals surface area contributed by atoms with Crippen LogP contribution in [-0.4, -0.2) is 27.3 Å². The Balaban J connectivity index is 1.41. The third-order valence-corrected chi connectivity index (χ3v) is 5.10. The third kappa shape index (κ3) is 4.49. The number of carbonyl (C=O) groups is 1. The summed E-state index contributed by atoms with van der Waals surface area (Å²) in [5, 5.41) is 7.34. The summed E-state index contributed by atoms with van der Waals surface area (Å²) in [4.78, 5) is 14.3. The lowest BCUT2D eigenvalue weighted by Crippen LogP contribution is -2.39. The minimum atomic E-state index is -0.353. The van der Waals surface area contributed by atoms with Gasteiger partial charge in [0.2, 0.25) is 0 Å². The molecule has 156 valence electrons. The summed E-state index contributed by atoms with van der Waals surface area (Å²) >= 11 is 0. The van der Waals surface area contributed by atoms with E-state index < -0.39 is 0 Å². The van der Waals surface area contributed by atoms with E-state index in [0.717, 1.165) is 22.5 Å². The van der Waals surface area contributed by atoms with Crippen molar-refractivity contribution in [2.75, 3.05) is 11.9 Å². The summed E-state index contributed by atoms with van der Waals surface area (Å²) in [6, 6.07) is 11.7. The molecule has 30 heavy (non-hydrogen) atoms. The number of ether oxygens (including phenoxy) is 1. The molecule has 0 aliphatic carbocycles. The number of anilines is 1. The van der Waals surface area contributed by atoms with Crippen molar-refractivity contribution in [1.29, 1.82) is 0 Å². The number of aromatic nitrogens is 2. The molecule has 0 fully saturated rings. The highest BCUT2D eigenvalue weighted by Crippen LogP contribution is 2.24. The molecule has 2 heterocycles. The molecule has 0 saturated carbocycles. The average molecular weight is 412 g/mol. The van der Waals surface area contributed by atoms with Gasteiger partial charge in [-0.1, -0.05) is 12.1 Å². The van der Waals surface area contributed by atoms with Crippen LogP contribution in [0.3, 0.4) is 0 Å². The molecule has 4 rings (SSSR count). The second-order valence-corrected chi connectivity index (χ2v) is 7.23. The standard InChI is InChI=1S/C22H22F2N4O2/c1-27-21-9-10-28(22(29)25-18-7-5-16(23)6-8-18)12-19(21)20(26-27)14-30-13-15-3-2-4-17(24)11-15/h2-8,11H,9-10,12-14H2,1H3,(H,25,29). The van der Waals surface area contributed by atoms with Crippen LogP contribution in [0.4, 0.5) is 19.3 Å². The zero-order chi connectivity index (χ0) is 21.1. The zero-order valence-electron chi connectivity index (χ0n) is 16.6. The number of aryl methyl sites for hydroxylation is 1. The van der Waals surface area contributed by atoms with Gasteiger partial charge in [0.05, 0.1) is 25.5 Å². The molecule has 0 unspecified atom stereocenters. The molecular formula is C22H22F2N4O2. The maximum absolute atomic E-state index is 13.3. The fraction of sp³-hybridized carbons (Fsp3) is 0.273. The lowest BCUT2D eigenvalue weighted by molar-refractivity contribution is 0.103. The Labute approximate surface area is 173 Å². The Bertz CT molecular complexity index is 1050. The second-order valence-electron chi connectivity index (χ2n) is 7.23. The van der Waals surface area contributed by atoms with Crippen LogP contribution in [0.15, 0.2) is 48.5 Å². The molecule has 2 amide bonds. The lowest BCUT2D eigenvalue weighted by atomic mass is 10.1. The minimum Gasteiger partial charge on any atom is -0.370 e. The Morgan fingerprint density at radius 3 is 2.70 bits per heavy atom. The Kier molecular flexibility index (Phi) is 5.76. The first-order valence-corrected chi connectivity index (χ1v) is 9.67. The highest BCUT2D eigenvalue weighted by molar-refractivity contribution is 5.89. The average Bonchev–Trinajstić information content (AvgIpc) is 3.05. The van der Waals surface area contributed by atoms with E-state index in [1.807, 2.05) is 11.7 Å². The maximum Gasteiger partial charge on any atom is 0.322 e. The van der Waals surface area contributed by atoms with Gasteiger partial charge in [-0.2, -0.15) is 5.10 Å². The number of urea groups is 1. The first-order chi connectivity index (χ1) is 14.5. The number of hydrogen-bond acceptors (Lipinski definition) is 3. The van der Waals surface area contributed by atoms with E-state index in [1.165, 1.54) is 36.4 Å². The highest BCUT2D eigenvalue weighted by Gasteiger charge is 2.26. The first-order valence-electron chi connectivity index (χ1n) is 9.67. The van der Waals surface area contributed by atoms with E-state index in [-0.39, 0.29) is 30.9 Å². The molecule has 0 radical (unpaired) electrons. The Hall–Kier alpha value is -3.26. The predicted molar refractivity (Wildman–Crippen MR) is 108 cm³/mol. The topological polar surface area (TPSA) is 59.4 Å². The third-order valence-electron chi connectivity index (χ3n) is 5.10. The molecule has 0 spiro atoms. The van der Waals surface area contributed by atoms with Gasteiger partial charge in [-0.25, -0.2) is 13.6 Å². The number of halogens is 2. The zero-order valence-corrected chi connectivity index (χ0v) is 16.6. The minimum absolute atomic E-state index is 0.247. The smallest absolute Gasteiger partial charge is 0.322 e. The summed E-state index contributed by atoms with van der Waals surface area (Å²) in [5.41, 5.74) is 4.10. The van der Waals surface area contributed by atoms with Crippen molar-refractivity contribution in [3.63, 3.8) is 0 Å². The van der Waals surface area contributed by atoms with Crippen LogP contribution in [0.2, 0.25) is 0 Å². The van der Waals surface area contributed by atoms with E-state index in [0.29, 0.717) is 25.2 Å². The Morgan fingerprint density at radius 1 is 1.13 bits per heavy atom. The van der Waals surface area contributed by atoms with Gasteiger partial charge >= 0.3 is 6.03 Å². The molecule has 0 saturated heterocycles. The first kappa shape index (κ1) is 20.0. The summed E-state index contributed by atoms with van der Waals surface area (Å²) in [5.74, 6) is -0.650. The van der Waals surface area contributed by atoms with Gasteiger partial charge in [0.15, 0.2) is 0 Å². The van der Waals surface area contributed by atoms with Crippen molar-refractivity contribution in [3.05, 3.63) is 82.7 Å². The van der Waals surface area contributed by atoms with Crippen LogP contribution in [0.5, 0.6) is 0 Å². The van der Waals surface area contributed by atoms with E-state index in [4.69, 9.17) is 4.74 Å². The lowest BCUT2D eigenvalue weighted by Gasteiger charge is -2.28. The van der Waals surface area contributed by atoms with Gasteiger partial charge < -0.3 is 15.0 Å². The molecule has 1 aliphatic rings. The van der Waals surface area contributed by atoms with Crippen LogP contribution in [0.25, 0.3) is 0 Å². The normalized spacial score (nSPS) is 13.2. The maximum atomic E-state index is 13.3. The number of nitrogens with one attached hydrogen (secondary N) is 1. The molecule has 1 aromatic heterocycles. The summed E-state index contributed by atoms with van der Waals surface area (Å²) in [7, 11) is 1.88. The summed E-state index contributed by atoms with van der Waals surface area (Å²) < 4.78 is 33.9. The fourth-order valence-electron chi connectivity index (χ4n) is 3.59. The molecule has 6 nitrogen and oxygen atoms in total.